The summed E-state index contributed by atoms with van der Waals surface area (Å²) in [7, 11) is -1.08. The molecule has 18 heavy (non-hydrogen) atoms. The van der Waals surface area contributed by atoms with Crippen LogP contribution >= 0.6 is 0 Å². The van der Waals surface area contributed by atoms with E-state index in [9.17, 15) is 8.42 Å². The summed E-state index contributed by atoms with van der Waals surface area (Å²) >= 11 is 0. The van der Waals surface area contributed by atoms with Gasteiger partial charge in [0.25, 0.3) is 0 Å². The van der Waals surface area contributed by atoms with Crippen LogP contribution in [0.25, 0.3) is 0 Å². The van der Waals surface area contributed by atoms with Gasteiger partial charge in [-0.3, -0.25) is 0 Å². The second-order valence-corrected chi connectivity index (χ2v) is 7.91. The van der Waals surface area contributed by atoms with Crippen LogP contribution < -0.4 is 10.5 Å². The SMILES string of the molecule is CC(CN)S(=O)(=O)NC1CC2CCCC(C1)N2C. The Hall–Kier alpha value is -0.170. The smallest absolute Gasteiger partial charge is 0.215 e. The van der Waals surface area contributed by atoms with Gasteiger partial charge in [0.1, 0.15) is 0 Å². The van der Waals surface area contributed by atoms with Gasteiger partial charge >= 0.3 is 0 Å². The molecule has 0 saturated carbocycles. The zero-order valence-corrected chi connectivity index (χ0v) is 12.1. The van der Waals surface area contributed by atoms with Crippen molar-refractivity contribution in [3.8, 4) is 0 Å². The molecule has 0 aromatic carbocycles. The van der Waals surface area contributed by atoms with Crippen molar-refractivity contribution in [3.05, 3.63) is 0 Å². The molecule has 0 aromatic heterocycles. The van der Waals surface area contributed by atoms with Gasteiger partial charge in [-0.25, -0.2) is 13.1 Å². The lowest BCUT2D eigenvalue weighted by Gasteiger charge is -2.47. The van der Waals surface area contributed by atoms with Crippen LogP contribution in [0.2, 0.25) is 0 Å². The molecule has 0 radical (unpaired) electrons. The van der Waals surface area contributed by atoms with E-state index in [-0.39, 0.29) is 12.6 Å². The van der Waals surface area contributed by atoms with E-state index in [1.54, 1.807) is 6.92 Å². The van der Waals surface area contributed by atoms with Crippen LogP contribution in [-0.4, -0.2) is 50.3 Å². The van der Waals surface area contributed by atoms with Crippen LogP contribution in [0, 0.1) is 0 Å². The van der Waals surface area contributed by atoms with Gasteiger partial charge in [0.15, 0.2) is 0 Å². The highest BCUT2D eigenvalue weighted by Gasteiger charge is 2.37. The Morgan fingerprint density at radius 3 is 2.39 bits per heavy atom. The van der Waals surface area contributed by atoms with Gasteiger partial charge in [-0.2, -0.15) is 0 Å². The summed E-state index contributed by atoms with van der Waals surface area (Å²) in [5, 5.41) is -0.503. The molecular formula is C12H25N3O2S. The lowest BCUT2D eigenvalue weighted by atomic mass is 9.83. The first-order valence-electron chi connectivity index (χ1n) is 6.87. The Bertz CT molecular complexity index is 371. The number of nitrogens with one attached hydrogen (secondary N) is 1. The molecule has 2 fully saturated rings. The quantitative estimate of drug-likeness (QED) is 0.772. The number of hydrogen-bond donors (Lipinski definition) is 2. The molecule has 0 amide bonds. The fourth-order valence-corrected chi connectivity index (χ4v) is 4.33. The molecule has 0 spiro atoms. The molecule has 2 rings (SSSR count). The standard InChI is InChI=1S/C12H25N3O2S/c1-9(8-13)18(16,17)14-10-6-11-4-3-5-12(7-10)15(11)2/h9-12,14H,3-8,13H2,1-2H3. The number of rotatable bonds is 4. The number of fused-ring (bicyclic) bond motifs is 2. The van der Waals surface area contributed by atoms with Crippen molar-refractivity contribution in [3.63, 3.8) is 0 Å². The molecule has 2 heterocycles. The van der Waals surface area contributed by atoms with E-state index in [2.05, 4.69) is 16.7 Å². The first-order chi connectivity index (χ1) is 8.44. The lowest BCUT2D eigenvalue weighted by Crippen LogP contribution is -2.56. The van der Waals surface area contributed by atoms with E-state index in [1.807, 2.05) is 0 Å². The Morgan fingerprint density at radius 2 is 1.89 bits per heavy atom. The summed E-state index contributed by atoms with van der Waals surface area (Å²) in [5.74, 6) is 0. The minimum absolute atomic E-state index is 0.0931. The van der Waals surface area contributed by atoms with Gasteiger partial charge in [0.2, 0.25) is 10.0 Å². The monoisotopic (exact) mass is 275 g/mol. The molecular weight excluding hydrogens is 250 g/mol. The van der Waals surface area contributed by atoms with Crippen molar-refractivity contribution in [1.29, 1.82) is 0 Å². The Balaban J connectivity index is 2.00. The van der Waals surface area contributed by atoms with E-state index in [4.69, 9.17) is 5.73 Å². The highest BCUT2D eigenvalue weighted by Crippen LogP contribution is 2.32. The number of nitrogens with two attached hydrogens (primary N) is 1. The Morgan fingerprint density at radius 1 is 1.33 bits per heavy atom. The van der Waals surface area contributed by atoms with Crippen LogP contribution in [0.15, 0.2) is 0 Å². The molecule has 3 N–H and O–H groups in total. The van der Waals surface area contributed by atoms with E-state index >= 15 is 0 Å². The average Bonchev–Trinajstić information content (AvgIpc) is 2.29. The number of sulfonamides is 1. The van der Waals surface area contributed by atoms with Crippen LogP contribution in [0.1, 0.15) is 39.0 Å². The van der Waals surface area contributed by atoms with Crippen LogP contribution in [-0.2, 0) is 10.0 Å². The summed E-state index contributed by atoms with van der Waals surface area (Å²) in [6.07, 6.45) is 5.53. The zero-order valence-electron chi connectivity index (χ0n) is 11.3. The highest BCUT2D eigenvalue weighted by molar-refractivity contribution is 7.90. The van der Waals surface area contributed by atoms with Crippen molar-refractivity contribution in [1.82, 2.24) is 9.62 Å². The molecule has 0 aliphatic carbocycles. The van der Waals surface area contributed by atoms with E-state index < -0.39 is 15.3 Å². The molecule has 2 aliphatic heterocycles. The molecule has 106 valence electrons. The summed E-state index contributed by atoms with van der Waals surface area (Å²) in [6.45, 7) is 1.84. The van der Waals surface area contributed by atoms with Crippen LogP contribution in [0.5, 0.6) is 0 Å². The Kier molecular flexibility index (Phi) is 4.31. The second-order valence-electron chi connectivity index (χ2n) is 5.78. The third-order valence-electron chi connectivity index (χ3n) is 4.53. The summed E-state index contributed by atoms with van der Waals surface area (Å²) in [6, 6.07) is 1.17. The molecule has 2 saturated heterocycles. The number of hydrogen-bond acceptors (Lipinski definition) is 4. The molecule has 2 bridgehead atoms. The number of piperidine rings is 2. The second kappa shape index (κ2) is 5.45. The maximum Gasteiger partial charge on any atom is 0.215 e. The minimum Gasteiger partial charge on any atom is -0.329 e. The third-order valence-corrected chi connectivity index (χ3v) is 6.45. The van der Waals surface area contributed by atoms with Crippen molar-refractivity contribution < 1.29 is 8.42 Å². The zero-order chi connectivity index (χ0) is 13.3. The van der Waals surface area contributed by atoms with Crippen molar-refractivity contribution in [2.24, 2.45) is 5.73 Å². The summed E-state index contributed by atoms with van der Waals surface area (Å²) < 4.78 is 26.9. The fraction of sp³-hybridized carbons (Fsp3) is 1.00. The average molecular weight is 275 g/mol. The molecule has 6 heteroatoms. The molecule has 5 nitrogen and oxygen atoms in total. The predicted octanol–water partition coefficient (Wildman–Crippen LogP) is 0.268. The molecule has 3 atom stereocenters. The Labute approximate surface area is 110 Å². The van der Waals surface area contributed by atoms with Crippen molar-refractivity contribution in [2.75, 3.05) is 13.6 Å². The van der Waals surface area contributed by atoms with Crippen LogP contribution in [0.4, 0.5) is 0 Å². The van der Waals surface area contributed by atoms with E-state index in [0.29, 0.717) is 12.1 Å². The summed E-state index contributed by atoms with van der Waals surface area (Å²) in [5.41, 5.74) is 5.45. The normalized spacial score (nSPS) is 35.4. The number of nitrogens with zero attached hydrogens (tertiary/aromatic N) is 1. The largest absolute Gasteiger partial charge is 0.329 e. The van der Waals surface area contributed by atoms with Gasteiger partial charge in [0, 0.05) is 24.7 Å². The van der Waals surface area contributed by atoms with Gasteiger partial charge in [-0.15, -0.1) is 0 Å². The predicted molar refractivity (Wildman–Crippen MR) is 72.8 cm³/mol. The van der Waals surface area contributed by atoms with Crippen molar-refractivity contribution >= 4 is 10.0 Å². The first-order valence-corrected chi connectivity index (χ1v) is 8.42. The first kappa shape index (κ1) is 14.2. The minimum atomic E-state index is -3.25. The topological polar surface area (TPSA) is 75.4 Å². The molecule has 2 aliphatic rings. The lowest BCUT2D eigenvalue weighted by molar-refractivity contribution is 0.0535. The maximum absolute atomic E-state index is 12.0. The summed E-state index contributed by atoms with van der Waals surface area (Å²) in [4.78, 5) is 2.43. The molecule has 3 unspecified atom stereocenters. The fourth-order valence-electron chi connectivity index (χ4n) is 3.19. The maximum atomic E-state index is 12.0. The van der Waals surface area contributed by atoms with Gasteiger partial charge in [0.05, 0.1) is 5.25 Å². The van der Waals surface area contributed by atoms with Gasteiger partial charge in [-0.1, -0.05) is 6.42 Å². The van der Waals surface area contributed by atoms with Crippen molar-refractivity contribution in [2.45, 2.75) is 62.4 Å². The van der Waals surface area contributed by atoms with E-state index in [1.165, 1.54) is 19.3 Å². The van der Waals surface area contributed by atoms with Gasteiger partial charge < -0.3 is 10.6 Å². The molecule has 0 aromatic rings. The van der Waals surface area contributed by atoms with Crippen LogP contribution in [0.3, 0.4) is 0 Å². The third kappa shape index (κ3) is 2.87. The van der Waals surface area contributed by atoms with Gasteiger partial charge in [-0.05, 0) is 39.7 Å². The van der Waals surface area contributed by atoms with E-state index in [0.717, 1.165) is 12.8 Å². The highest BCUT2D eigenvalue weighted by atomic mass is 32.2.